The van der Waals surface area contributed by atoms with E-state index in [4.69, 9.17) is 21.1 Å². The SMILES string of the molecule is CCOC(=O)c1ccc(NC(=O)COc2ccc(Br)cc2)cc1Cl. The molecule has 2 aromatic carbocycles. The summed E-state index contributed by atoms with van der Waals surface area (Å²) >= 11 is 9.37. The zero-order chi connectivity index (χ0) is 17.5. The van der Waals surface area contributed by atoms with E-state index in [1.54, 1.807) is 25.1 Å². The van der Waals surface area contributed by atoms with E-state index in [-0.39, 0.29) is 29.7 Å². The molecular formula is C17H15BrClNO4. The molecule has 0 bridgehead atoms. The molecule has 0 aromatic heterocycles. The van der Waals surface area contributed by atoms with Crippen LogP contribution < -0.4 is 10.1 Å². The van der Waals surface area contributed by atoms with Crippen LogP contribution in [0.2, 0.25) is 5.02 Å². The lowest BCUT2D eigenvalue weighted by molar-refractivity contribution is -0.118. The summed E-state index contributed by atoms with van der Waals surface area (Å²) in [6.45, 7) is 1.84. The number of esters is 1. The highest BCUT2D eigenvalue weighted by atomic mass is 79.9. The third-order valence-corrected chi connectivity index (χ3v) is 3.77. The molecule has 0 fully saturated rings. The number of carbonyl (C=O) groups excluding carboxylic acids is 2. The second kappa shape index (κ2) is 8.70. The van der Waals surface area contributed by atoms with Crippen molar-refractivity contribution in [1.29, 1.82) is 0 Å². The van der Waals surface area contributed by atoms with Gasteiger partial charge < -0.3 is 14.8 Å². The van der Waals surface area contributed by atoms with Crippen LogP contribution in [0.3, 0.4) is 0 Å². The van der Waals surface area contributed by atoms with Gasteiger partial charge in [-0.15, -0.1) is 0 Å². The van der Waals surface area contributed by atoms with Gasteiger partial charge in [-0.05, 0) is 49.4 Å². The molecular weight excluding hydrogens is 398 g/mol. The number of benzene rings is 2. The molecule has 0 saturated heterocycles. The summed E-state index contributed by atoms with van der Waals surface area (Å²) in [5.41, 5.74) is 0.722. The van der Waals surface area contributed by atoms with Gasteiger partial charge in [-0.25, -0.2) is 4.79 Å². The molecule has 126 valence electrons. The quantitative estimate of drug-likeness (QED) is 0.719. The molecule has 5 nitrogen and oxygen atoms in total. The standard InChI is InChI=1S/C17H15BrClNO4/c1-2-23-17(22)14-8-5-12(9-15(14)19)20-16(21)10-24-13-6-3-11(18)4-7-13/h3-9H,2,10H2,1H3,(H,20,21). The number of halogens is 2. The number of carbonyl (C=O) groups is 2. The minimum atomic E-state index is -0.501. The maximum atomic E-state index is 11.9. The van der Waals surface area contributed by atoms with E-state index in [2.05, 4.69) is 21.2 Å². The molecule has 0 atom stereocenters. The zero-order valence-electron chi connectivity index (χ0n) is 12.8. The van der Waals surface area contributed by atoms with Crippen molar-refractivity contribution in [3.8, 4) is 5.75 Å². The Bertz CT molecular complexity index is 734. The van der Waals surface area contributed by atoms with Crippen LogP contribution in [0.15, 0.2) is 46.9 Å². The Morgan fingerprint density at radius 1 is 1.17 bits per heavy atom. The first kappa shape index (κ1) is 18.3. The van der Waals surface area contributed by atoms with Gasteiger partial charge in [-0.2, -0.15) is 0 Å². The molecule has 2 aromatic rings. The molecule has 24 heavy (non-hydrogen) atoms. The first-order valence-electron chi connectivity index (χ1n) is 7.14. The summed E-state index contributed by atoms with van der Waals surface area (Å²) in [5, 5.41) is 2.86. The summed E-state index contributed by atoms with van der Waals surface area (Å²) in [4.78, 5) is 23.6. The zero-order valence-corrected chi connectivity index (χ0v) is 15.2. The van der Waals surface area contributed by atoms with Crippen LogP contribution in [0.1, 0.15) is 17.3 Å². The molecule has 0 saturated carbocycles. The summed E-state index contributed by atoms with van der Waals surface area (Å²) in [5.74, 6) is -0.249. The molecule has 2 rings (SSSR count). The van der Waals surface area contributed by atoms with Gasteiger partial charge in [0, 0.05) is 10.2 Å². The summed E-state index contributed by atoms with van der Waals surface area (Å²) < 4.78 is 11.2. The normalized spacial score (nSPS) is 10.1. The maximum absolute atomic E-state index is 11.9. The number of anilines is 1. The number of ether oxygens (including phenoxy) is 2. The van der Waals surface area contributed by atoms with E-state index >= 15 is 0 Å². The maximum Gasteiger partial charge on any atom is 0.339 e. The topological polar surface area (TPSA) is 64.6 Å². The van der Waals surface area contributed by atoms with Crippen LogP contribution in [-0.4, -0.2) is 25.1 Å². The van der Waals surface area contributed by atoms with Gasteiger partial charge in [-0.3, -0.25) is 4.79 Å². The van der Waals surface area contributed by atoms with E-state index in [0.717, 1.165) is 4.47 Å². The fourth-order valence-corrected chi connectivity index (χ4v) is 2.37. The Balaban J connectivity index is 1.93. The van der Waals surface area contributed by atoms with Crippen LogP contribution in [0.25, 0.3) is 0 Å². The van der Waals surface area contributed by atoms with Gasteiger partial charge >= 0.3 is 5.97 Å². The fraction of sp³-hybridized carbons (Fsp3) is 0.176. The molecule has 0 radical (unpaired) electrons. The molecule has 1 N–H and O–H groups in total. The van der Waals surface area contributed by atoms with Gasteiger partial charge in [0.15, 0.2) is 6.61 Å². The van der Waals surface area contributed by atoms with Crippen LogP contribution in [0.5, 0.6) is 5.75 Å². The number of amides is 1. The predicted molar refractivity (Wildman–Crippen MR) is 95.7 cm³/mol. The van der Waals surface area contributed by atoms with Crippen LogP contribution >= 0.6 is 27.5 Å². The van der Waals surface area contributed by atoms with E-state index in [9.17, 15) is 9.59 Å². The summed E-state index contributed by atoms with van der Waals surface area (Å²) in [7, 11) is 0. The van der Waals surface area contributed by atoms with Crippen molar-refractivity contribution >= 4 is 45.1 Å². The van der Waals surface area contributed by atoms with E-state index < -0.39 is 5.97 Å². The van der Waals surface area contributed by atoms with Crippen molar-refractivity contribution in [2.75, 3.05) is 18.5 Å². The number of hydrogen-bond acceptors (Lipinski definition) is 4. The van der Waals surface area contributed by atoms with Crippen LogP contribution in [0, 0.1) is 0 Å². The van der Waals surface area contributed by atoms with Crippen LogP contribution in [-0.2, 0) is 9.53 Å². The molecule has 0 aliphatic carbocycles. The van der Waals surface area contributed by atoms with Crippen molar-refractivity contribution in [3.63, 3.8) is 0 Å². The Labute approximate surface area is 153 Å². The molecule has 0 spiro atoms. The summed E-state index contributed by atoms with van der Waals surface area (Å²) in [6, 6.07) is 11.7. The third kappa shape index (κ3) is 5.25. The largest absolute Gasteiger partial charge is 0.484 e. The fourth-order valence-electron chi connectivity index (χ4n) is 1.84. The van der Waals surface area contributed by atoms with Gasteiger partial charge in [0.2, 0.25) is 0 Å². The van der Waals surface area contributed by atoms with Gasteiger partial charge in [0.1, 0.15) is 5.75 Å². The second-order valence-electron chi connectivity index (χ2n) is 4.71. The molecule has 0 aliphatic rings. The lowest BCUT2D eigenvalue weighted by Crippen LogP contribution is -2.20. The van der Waals surface area contributed by atoms with Gasteiger partial charge in [0.25, 0.3) is 5.91 Å². The first-order valence-corrected chi connectivity index (χ1v) is 8.31. The Kier molecular flexibility index (Phi) is 6.63. The number of rotatable bonds is 6. The molecule has 0 aliphatic heterocycles. The van der Waals surface area contributed by atoms with Crippen molar-refractivity contribution in [1.82, 2.24) is 0 Å². The minimum Gasteiger partial charge on any atom is -0.484 e. The first-order chi connectivity index (χ1) is 11.5. The Morgan fingerprint density at radius 2 is 1.88 bits per heavy atom. The molecule has 1 amide bonds. The summed E-state index contributed by atoms with van der Waals surface area (Å²) in [6.07, 6.45) is 0. The average molecular weight is 413 g/mol. The molecule has 0 unspecified atom stereocenters. The second-order valence-corrected chi connectivity index (χ2v) is 6.03. The number of hydrogen-bond donors (Lipinski definition) is 1. The Hall–Kier alpha value is -2.05. The minimum absolute atomic E-state index is 0.140. The van der Waals surface area contributed by atoms with E-state index in [1.165, 1.54) is 12.1 Å². The lowest BCUT2D eigenvalue weighted by atomic mass is 10.2. The monoisotopic (exact) mass is 411 g/mol. The Morgan fingerprint density at radius 3 is 2.50 bits per heavy atom. The van der Waals surface area contributed by atoms with E-state index in [1.807, 2.05) is 12.1 Å². The highest BCUT2D eigenvalue weighted by molar-refractivity contribution is 9.10. The van der Waals surface area contributed by atoms with Crippen LogP contribution in [0.4, 0.5) is 5.69 Å². The third-order valence-electron chi connectivity index (χ3n) is 2.93. The highest BCUT2D eigenvalue weighted by Crippen LogP contribution is 2.22. The van der Waals surface area contributed by atoms with Gasteiger partial charge in [-0.1, -0.05) is 27.5 Å². The predicted octanol–water partition coefficient (Wildman–Crippen LogP) is 4.30. The average Bonchev–Trinajstić information content (AvgIpc) is 2.54. The number of nitrogens with one attached hydrogen (secondary N) is 1. The van der Waals surface area contributed by atoms with E-state index in [0.29, 0.717) is 11.4 Å². The van der Waals surface area contributed by atoms with Crippen molar-refractivity contribution in [2.45, 2.75) is 6.92 Å². The van der Waals surface area contributed by atoms with Crippen molar-refractivity contribution < 1.29 is 19.1 Å². The molecule has 0 heterocycles. The van der Waals surface area contributed by atoms with Crippen molar-refractivity contribution in [3.05, 3.63) is 57.5 Å². The van der Waals surface area contributed by atoms with Gasteiger partial charge in [0.05, 0.1) is 17.2 Å². The highest BCUT2D eigenvalue weighted by Gasteiger charge is 2.12. The lowest BCUT2D eigenvalue weighted by Gasteiger charge is -2.09. The van der Waals surface area contributed by atoms with Crippen molar-refractivity contribution in [2.24, 2.45) is 0 Å². The smallest absolute Gasteiger partial charge is 0.339 e. The molecule has 7 heteroatoms.